The normalized spacial score (nSPS) is 54.7. The van der Waals surface area contributed by atoms with Gasteiger partial charge in [-0.2, -0.15) is 0 Å². The fourth-order valence-electron chi connectivity index (χ4n) is 4.26. The second-order valence-corrected chi connectivity index (χ2v) is 7.13. The van der Waals surface area contributed by atoms with E-state index in [1.807, 2.05) is 6.92 Å². The summed E-state index contributed by atoms with van der Waals surface area (Å²) in [6.45, 7) is 2.26. The van der Waals surface area contributed by atoms with Crippen molar-refractivity contribution in [3.8, 4) is 0 Å². The molecule has 0 radical (unpaired) electrons. The van der Waals surface area contributed by atoms with Crippen LogP contribution in [0.3, 0.4) is 0 Å². The molecule has 0 aromatic carbocycles. The Labute approximate surface area is 136 Å². The number of ether oxygens (including phenoxy) is 3. The van der Waals surface area contributed by atoms with Crippen LogP contribution in [-0.2, 0) is 19.0 Å². The summed E-state index contributed by atoms with van der Waals surface area (Å²) in [7, 11) is 1.30. The van der Waals surface area contributed by atoms with E-state index in [-0.39, 0.29) is 12.5 Å². The molecule has 0 N–H and O–H groups in total. The highest BCUT2D eigenvalue weighted by Crippen LogP contribution is 2.58. The van der Waals surface area contributed by atoms with E-state index in [2.05, 4.69) is 6.08 Å². The Balaban J connectivity index is 1.60. The molecule has 4 fully saturated rings. The van der Waals surface area contributed by atoms with Crippen LogP contribution in [-0.4, -0.2) is 42.9 Å². The van der Waals surface area contributed by atoms with E-state index in [1.165, 1.54) is 25.5 Å². The Morgan fingerprint density at radius 3 is 2.86 bits per heavy atom. The Morgan fingerprint density at radius 1 is 1.50 bits per heavy atom. The van der Waals surface area contributed by atoms with Crippen molar-refractivity contribution in [2.75, 3.05) is 13.7 Å². The van der Waals surface area contributed by atoms with E-state index in [1.54, 1.807) is 0 Å². The molecule has 2 saturated carbocycles. The standard InChI is InChI=1S/C18H26O4/c1-17(14(22-17)8-7-12-5-3-4-6-12)16-15(20-2)13(19)9-10-18(16)11-21-18/h7,14-16H,3-6,8-11H2,1-2H3/t14-,15-,16-,17?,18+/m1/s1/i9D2,15D. The fourth-order valence-corrected chi connectivity index (χ4v) is 4.26. The van der Waals surface area contributed by atoms with Gasteiger partial charge in [0.1, 0.15) is 17.3 Å². The zero-order chi connectivity index (χ0) is 18.1. The van der Waals surface area contributed by atoms with Crippen molar-refractivity contribution >= 4 is 5.78 Å². The van der Waals surface area contributed by atoms with Gasteiger partial charge < -0.3 is 14.2 Å². The maximum atomic E-state index is 12.7. The third-order valence-corrected chi connectivity index (χ3v) is 5.71. The van der Waals surface area contributed by atoms with Crippen LogP contribution < -0.4 is 0 Å². The van der Waals surface area contributed by atoms with Crippen LogP contribution in [0.2, 0.25) is 0 Å². The first-order chi connectivity index (χ1) is 11.7. The van der Waals surface area contributed by atoms with Crippen LogP contribution in [0.15, 0.2) is 11.6 Å². The summed E-state index contributed by atoms with van der Waals surface area (Å²) < 4.78 is 41.7. The number of rotatable bonds is 4. The first-order valence-electron chi connectivity index (χ1n) is 9.78. The van der Waals surface area contributed by atoms with Gasteiger partial charge in [-0.25, -0.2) is 0 Å². The molecule has 1 spiro atoms. The third-order valence-electron chi connectivity index (χ3n) is 5.71. The quantitative estimate of drug-likeness (QED) is 0.592. The van der Waals surface area contributed by atoms with Gasteiger partial charge in [-0.05, 0) is 45.4 Å². The van der Waals surface area contributed by atoms with Crippen molar-refractivity contribution in [2.45, 2.75) is 75.2 Å². The first kappa shape index (κ1) is 11.8. The molecule has 5 atom stereocenters. The van der Waals surface area contributed by atoms with Crippen LogP contribution >= 0.6 is 0 Å². The summed E-state index contributed by atoms with van der Waals surface area (Å²) in [5.74, 6) is -1.45. The van der Waals surface area contributed by atoms with E-state index in [9.17, 15) is 4.79 Å². The number of carbonyl (C=O) groups is 1. The van der Waals surface area contributed by atoms with Gasteiger partial charge in [0.05, 0.1) is 20.0 Å². The fraction of sp³-hybridized carbons (Fsp3) is 0.833. The van der Waals surface area contributed by atoms with Crippen LogP contribution in [0.25, 0.3) is 0 Å². The molecule has 4 heteroatoms. The molecular formula is C18H26O4. The molecule has 122 valence electrons. The monoisotopic (exact) mass is 309 g/mol. The highest BCUT2D eigenvalue weighted by Gasteiger charge is 2.71. The lowest BCUT2D eigenvalue weighted by atomic mass is 9.69. The topological polar surface area (TPSA) is 51.4 Å². The Bertz CT molecular complexity index is 622. The van der Waals surface area contributed by atoms with Gasteiger partial charge in [0.2, 0.25) is 0 Å². The number of Topliss-reactive ketones (excluding diaryl/α,β-unsaturated/α-hetero) is 1. The van der Waals surface area contributed by atoms with Crippen LogP contribution in [0.4, 0.5) is 0 Å². The molecule has 0 amide bonds. The van der Waals surface area contributed by atoms with Gasteiger partial charge in [-0.15, -0.1) is 0 Å². The van der Waals surface area contributed by atoms with Gasteiger partial charge >= 0.3 is 0 Å². The number of carbonyl (C=O) groups excluding carboxylic acids is 1. The van der Waals surface area contributed by atoms with Crippen molar-refractivity contribution < 1.29 is 23.1 Å². The Morgan fingerprint density at radius 2 is 2.23 bits per heavy atom. The molecule has 1 unspecified atom stereocenters. The van der Waals surface area contributed by atoms with Crippen molar-refractivity contribution in [3.05, 3.63) is 11.6 Å². The molecular weight excluding hydrogens is 280 g/mol. The average molecular weight is 309 g/mol. The van der Waals surface area contributed by atoms with Gasteiger partial charge in [-0.3, -0.25) is 4.79 Å². The highest BCUT2D eigenvalue weighted by atomic mass is 16.6. The van der Waals surface area contributed by atoms with Gasteiger partial charge in [-0.1, -0.05) is 11.6 Å². The number of hydrogen-bond acceptors (Lipinski definition) is 4. The second kappa shape index (κ2) is 5.15. The van der Waals surface area contributed by atoms with Crippen molar-refractivity contribution in [3.63, 3.8) is 0 Å². The SMILES string of the molecule is [2H]C1([2H])C[C@]2(CO2)[C@@H](C2(C)O[C@@H]2CC=C2CCCC2)[C@]([2H])(OC)C1=O. The molecule has 0 aromatic rings. The van der Waals surface area contributed by atoms with E-state index in [4.69, 9.17) is 18.3 Å². The van der Waals surface area contributed by atoms with Crippen molar-refractivity contribution in [2.24, 2.45) is 5.92 Å². The predicted molar refractivity (Wildman–Crippen MR) is 81.7 cm³/mol. The molecule has 2 aliphatic heterocycles. The maximum absolute atomic E-state index is 12.7. The van der Waals surface area contributed by atoms with Gasteiger partial charge in [0.15, 0.2) is 5.78 Å². The smallest absolute Gasteiger partial charge is 0.162 e. The highest BCUT2D eigenvalue weighted by molar-refractivity contribution is 5.85. The number of epoxide rings is 2. The summed E-state index contributed by atoms with van der Waals surface area (Å²) >= 11 is 0. The molecule has 0 bridgehead atoms. The number of methoxy groups -OCH3 is 1. The Hall–Kier alpha value is -0.710. The Kier molecular flexibility index (Phi) is 2.75. The van der Waals surface area contributed by atoms with E-state index < -0.39 is 35.4 Å². The molecule has 0 aromatic heterocycles. The van der Waals surface area contributed by atoms with Gasteiger partial charge in [0, 0.05) is 16.2 Å². The molecule has 2 saturated heterocycles. The average Bonchev–Trinajstić information content (AvgIpc) is 3.36. The maximum Gasteiger partial charge on any atom is 0.162 e. The number of allylic oxidation sites excluding steroid dienone is 1. The first-order valence-corrected chi connectivity index (χ1v) is 8.28. The molecule has 4 rings (SSSR count). The van der Waals surface area contributed by atoms with Crippen LogP contribution in [0.1, 0.15) is 55.9 Å². The molecule has 2 aliphatic carbocycles. The summed E-state index contributed by atoms with van der Waals surface area (Å²) in [4.78, 5) is 12.7. The summed E-state index contributed by atoms with van der Waals surface area (Å²) in [5, 5.41) is 0. The lowest BCUT2D eigenvalue weighted by Gasteiger charge is -2.37. The van der Waals surface area contributed by atoms with Crippen molar-refractivity contribution in [1.82, 2.24) is 0 Å². The van der Waals surface area contributed by atoms with E-state index >= 15 is 0 Å². The summed E-state index contributed by atoms with van der Waals surface area (Å²) in [5.41, 5.74) is -0.0647. The van der Waals surface area contributed by atoms with E-state index in [0.717, 1.165) is 19.3 Å². The zero-order valence-electron chi connectivity index (χ0n) is 16.3. The minimum absolute atomic E-state index is 0.0275. The molecule has 2 heterocycles. The third kappa shape index (κ3) is 2.27. The van der Waals surface area contributed by atoms with Crippen LogP contribution in [0.5, 0.6) is 0 Å². The molecule has 4 nitrogen and oxygen atoms in total. The number of hydrogen-bond donors (Lipinski definition) is 0. The lowest BCUT2D eigenvalue weighted by Crippen LogP contribution is -2.52. The van der Waals surface area contributed by atoms with Crippen LogP contribution in [0, 0.1) is 5.92 Å². The van der Waals surface area contributed by atoms with Crippen molar-refractivity contribution in [1.29, 1.82) is 0 Å². The number of ketones is 1. The molecule has 4 aliphatic rings. The predicted octanol–water partition coefficient (Wildman–Crippen LogP) is 2.80. The minimum Gasteiger partial charge on any atom is -0.373 e. The molecule has 22 heavy (non-hydrogen) atoms. The summed E-state index contributed by atoms with van der Waals surface area (Å²) in [6, 6.07) is 0. The zero-order valence-corrected chi connectivity index (χ0v) is 13.3. The largest absolute Gasteiger partial charge is 0.373 e. The summed E-state index contributed by atoms with van der Waals surface area (Å²) in [6.07, 6.45) is 3.60. The van der Waals surface area contributed by atoms with Gasteiger partial charge in [0.25, 0.3) is 0 Å². The second-order valence-electron chi connectivity index (χ2n) is 7.13. The van der Waals surface area contributed by atoms with E-state index in [0.29, 0.717) is 6.61 Å². The lowest BCUT2D eigenvalue weighted by molar-refractivity contribution is -0.142. The minimum atomic E-state index is -2.11.